The summed E-state index contributed by atoms with van der Waals surface area (Å²) in [5.41, 5.74) is 1.01. The van der Waals surface area contributed by atoms with Crippen molar-refractivity contribution in [3.63, 3.8) is 0 Å². The summed E-state index contributed by atoms with van der Waals surface area (Å²) < 4.78 is 37.0. The molecule has 1 fully saturated rings. The molecule has 0 saturated heterocycles. The Morgan fingerprint density at radius 1 is 1.05 bits per heavy atom. The zero-order valence-electron chi connectivity index (χ0n) is 23.0. The maximum atomic E-state index is 13.9. The van der Waals surface area contributed by atoms with Crippen LogP contribution in [0.15, 0.2) is 42.5 Å². The number of hydrogen-bond donors (Lipinski definition) is 1. The standard InChI is InChI=1S/C28H38ClN3O6S/c1-5-25(28(34)30-21-9-7-6-8-10-21)31(18-20-11-14-23(37-2)15-12-20)27(33)19-32(39(4,35)36)22-13-16-26(38-3)24(29)17-22/h11-17,21,25H,5-10,18-19H2,1-4H3,(H,30,34)/t25-/m0/s1. The Hall–Kier alpha value is -2.98. The molecule has 3 rings (SSSR count). The van der Waals surface area contributed by atoms with Crippen LogP contribution < -0.4 is 19.1 Å². The molecule has 2 aromatic carbocycles. The van der Waals surface area contributed by atoms with Crippen LogP contribution in [0, 0.1) is 0 Å². The third-order valence-electron chi connectivity index (χ3n) is 6.95. The molecule has 0 bridgehead atoms. The average Bonchev–Trinajstić information content (AvgIpc) is 2.91. The first-order chi connectivity index (χ1) is 18.6. The SMILES string of the molecule is CC[C@@H](C(=O)NC1CCCCC1)N(Cc1ccc(OC)cc1)C(=O)CN(c1ccc(OC)c(Cl)c1)S(C)(=O)=O. The number of amides is 2. The van der Waals surface area contributed by atoms with Gasteiger partial charge in [0, 0.05) is 12.6 Å². The predicted molar refractivity (Wildman–Crippen MR) is 153 cm³/mol. The Morgan fingerprint density at radius 3 is 2.26 bits per heavy atom. The molecule has 214 valence electrons. The number of sulfonamides is 1. The van der Waals surface area contributed by atoms with Gasteiger partial charge < -0.3 is 19.7 Å². The van der Waals surface area contributed by atoms with Crippen molar-refractivity contribution in [2.24, 2.45) is 0 Å². The van der Waals surface area contributed by atoms with Crippen LogP contribution in [0.5, 0.6) is 11.5 Å². The summed E-state index contributed by atoms with van der Waals surface area (Å²) in [5, 5.41) is 3.34. The van der Waals surface area contributed by atoms with Gasteiger partial charge in [-0.05, 0) is 55.2 Å². The van der Waals surface area contributed by atoms with Crippen LogP contribution in [-0.4, -0.2) is 64.2 Å². The number of methoxy groups -OCH3 is 2. The third kappa shape index (κ3) is 8.25. The molecule has 1 atom stereocenters. The Kier molecular flexibility index (Phi) is 10.9. The number of benzene rings is 2. The summed E-state index contributed by atoms with van der Waals surface area (Å²) in [5.74, 6) is 0.309. The highest BCUT2D eigenvalue weighted by molar-refractivity contribution is 7.92. The summed E-state index contributed by atoms with van der Waals surface area (Å²) in [6.45, 7) is 1.47. The Bertz CT molecular complexity index is 1230. The summed E-state index contributed by atoms with van der Waals surface area (Å²) in [7, 11) is -0.845. The fourth-order valence-corrected chi connectivity index (χ4v) is 5.91. The van der Waals surface area contributed by atoms with Gasteiger partial charge in [-0.25, -0.2) is 8.42 Å². The first kappa shape index (κ1) is 30.6. The van der Waals surface area contributed by atoms with Crippen molar-refractivity contribution < 1.29 is 27.5 Å². The largest absolute Gasteiger partial charge is 0.497 e. The van der Waals surface area contributed by atoms with Crippen LogP contribution in [0.2, 0.25) is 5.02 Å². The Morgan fingerprint density at radius 2 is 1.72 bits per heavy atom. The van der Waals surface area contributed by atoms with Gasteiger partial charge in [0.25, 0.3) is 0 Å². The lowest BCUT2D eigenvalue weighted by Gasteiger charge is -2.34. The lowest BCUT2D eigenvalue weighted by Crippen LogP contribution is -2.53. The van der Waals surface area contributed by atoms with Crippen LogP contribution in [-0.2, 0) is 26.2 Å². The van der Waals surface area contributed by atoms with Gasteiger partial charge in [0.15, 0.2) is 0 Å². The molecule has 0 aromatic heterocycles. The van der Waals surface area contributed by atoms with E-state index >= 15 is 0 Å². The number of rotatable bonds is 12. The summed E-state index contributed by atoms with van der Waals surface area (Å²) in [6, 6.07) is 11.0. The van der Waals surface area contributed by atoms with Crippen LogP contribution >= 0.6 is 11.6 Å². The van der Waals surface area contributed by atoms with Gasteiger partial charge in [-0.15, -0.1) is 0 Å². The van der Waals surface area contributed by atoms with Crippen LogP contribution in [0.3, 0.4) is 0 Å². The first-order valence-corrected chi connectivity index (χ1v) is 15.3. The third-order valence-corrected chi connectivity index (χ3v) is 8.39. The molecule has 9 nitrogen and oxygen atoms in total. The van der Waals surface area contributed by atoms with Crippen LogP contribution in [0.25, 0.3) is 0 Å². The van der Waals surface area contributed by atoms with Gasteiger partial charge >= 0.3 is 0 Å². The molecule has 1 aliphatic carbocycles. The van der Waals surface area contributed by atoms with E-state index in [-0.39, 0.29) is 29.2 Å². The summed E-state index contributed by atoms with van der Waals surface area (Å²) in [6.07, 6.45) is 6.49. The number of anilines is 1. The molecule has 0 spiro atoms. The molecular weight excluding hydrogens is 542 g/mol. The van der Waals surface area contributed by atoms with Crippen molar-refractivity contribution in [3.05, 3.63) is 53.1 Å². The molecule has 0 radical (unpaired) electrons. The first-order valence-electron chi connectivity index (χ1n) is 13.1. The minimum absolute atomic E-state index is 0.0761. The number of nitrogens with zero attached hydrogens (tertiary/aromatic N) is 2. The highest BCUT2D eigenvalue weighted by Crippen LogP contribution is 2.30. The van der Waals surface area contributed by atoms with Gasteiger partial charge in [0.1, 0.15) is 24.1 Å². The highest BCUT2D eigenvalue weighted by atomic mass is 35.5. The van der Waals surface area contributed by atoms with E-state index in [0.29, 0.717) is 17.9 Å². The van der Waals surface area contributed by atoms with E-state index in [4.69, 9.17) is 21.1 Å². The van der Waals surface area contributed by atoms with Gasteiger partial charge in [-0.1, -0.05) is 49.9 Å². The maximum Gasteiger partial charge on any atom is 0.244 e. The zero-order valence-corrected chi connectivity index (χ0v) is 24.6. The normalized spacial score (nSPS) is 14.8. The van der Waals surface area contributed by atoms with Crippen molar-refractivity contribution in [1.29, 1.82) is 0 Å². The Balaban J connectivity index is 1.93. The summed E-state index contributed by atoms with van der Waals surface area (Å²) in [4.78, 5) is 28.8. The summed E-state index contributed by atoms with van der Waals surface area (Å²) >= 11 is 6.26. The molecule has 1 saturated carbocycles. The molecule has 2 aromatic rings. The van der Waals surface area contributed by atoms with Crippen molar-refractivity contribution in [3.8, 4) is 11.5 Å². The molecular formula is C28H38ClN3O6S. The second kappa shape index (κ2) is 13.9. The second-order valence-corrected chi connectivity index (χ2v) is 12.0. The fraction of sp³-hybridized carbons (Fsp3) is 0.500. The van der Waals surface area contributed by atoms with Crippen LogP contribution in [0.1, 0.15) is 51.0 Å². The number of carbonyl (C=O) groups excluding carboxylic acids is 2. The van der Waals surface area contributed by atoms with Crippen molar-refractivity contribution in [1.82, 2.24) is 10.2 Å². The molecule has 2 amide bonds. The molecule has 0 aliphatic heterocycles. The van der Waals surface area contributed by atoms with Gasteiger partial charge in [-0.2, -0.15) is 0 Å². The van der Waals surface area contributed by atoms with E-state index < -0.39 is 28.5 Å². The lowest BCUT2D eigenvalue weighted by atomic mass is 9.95. The average molecular weight is 580 g/mol. The van der Waals surface area contributed by atoms with Crippen molar-refractivity contribution >= 4 is 39.1 Å². The van der Waals surface area contributed by atoms with E-state index in [1.165, 1.54) is 24.1 Å². The predicted octanol–water partition coefficient (Wildman–Crippen LogP) is 4.38. The van der Waals surface area contributed by atoms with E-state index in [1.807, 2.05) is 19.1 Å². The number of ether oxygens (including phenoxy) is 2. The molecule has 1 N–H and O–H groups in total. The van der Waals surface area contributed by atoms with E-state index in [0.717, 1.165) is 48.2 Å². The van der Waals surface area contributed by atoms with E-state index in [1.54, 1.807) is 25.3 Å². The molecule has 1 aliphatic rings. The van der Waals surface area contributed by atoms with Crippen molar-refractivity contribution in [2.75, 3.05) is 31.3 Å². The minimum Gasteiger partial charge on any atom is -0.497 e. The monoisotopic (exact) mass is 579 g/mol. The Labute approximate surface area is 236 Å². The lowest BCUT2D eigenvalue weighted by molar-refractivity contribution is -0.140. The molecule has 0 unspecified atom stereocenters. The van der Waals surface area contributed by atoms with Gasteiger partial charge in [0.2, 0.25) is 21.8 Å². The number of hydrogen-bond acceptors (Lipinski definition) is 6. The number of carbonyl (C=O) groups is 2. The number of nitrogens with one attached hydrogen (secondary N) is 1. The smallest absolute Gasteiger partial charge is 0.244 e. The van der Waals surface area contributed by atoms with E-state index in [9.17, 15) is 18.0 Å². The molecule has 11 heteroatoms. The minimum atomic E-state index is -3.87. The van der Waals surface area contributed by atoms with Gasteiger partial charge in [0.05, 0.1) is 31.2 Å². The molecule has 0 heterocycles. The topological polar surface area (TPSA) is 105 Å². The second-order valence-electron chi connectivity index (χ2n) is 9.73. The fourth-order valence-electron chi connectivity index (χ4n) is 4.82. The highest BCUT2D eigenvalue weighted by Gasteiger charge is 2.33. The van der Waals surface area contributed by atoms with Crippen LogP contribution in [0.4, 0.5) is 5.69 Å². The quantitative estimate of drug-likeness (QED) is 0.400. The van der Waals surface area contributed by atoms with Crippen molar-refractivity contribution in [2.45, 2.75) is 64.1 Å². The number of halogens is 1. The van der Waals surface area contributed by atoms with Gasteiger partial charge in [-0.3, -0.25) is 13.9 Å². The van der Waals surface area contributed by atoms with E-state index in [2.05, 4.69) is 5.32 Å². The zero-order chi connectivity index (χ0) is 28.6. The molecule has 39 heavy (non-hydrogen) atoms. The maximum absolute atomic E-state index is 13.9.